The van der Waals surface area contributed by atoms with Crippen LogP contribution in [0.25, 0.3) is 0 Å². The first-order valence-corrected chi connectivity index (χ1v) is 12.3. The molecule has 0 aromatic heterocycles. The van der Waals surface area contributed by atoms with Gasteiger partial charge in [0, 0.05) is 20.1 Å². The van der Waals surface area contributed by atoms with E-state index in [2.05, 4.69) is 47.7 Å². The Bertz CT molecular complexity index is 1240. The molecule has 0 aliphatic carbocycles. The molecule has 3 rings (SSSR count). The van der Waals surface area contributed by atoms with Crippen LogP contribution in [0.4, 0.5) is 5.69 Å². The van der Waals surface area contributed by atoms with Crippen LogP contribution in [0, 0.1) is 5.92 Å². The fourth-order valence-electron chi connectivity index (χ4n) is 2.70. The van der Waals surface area contributed by atoms with Gasteiger partial charge < -0.3 is 10.1 Å². The molecule has 1 unspecified atom stereocenters. The highest BCUT2D eigenvalue weighted by atomic mass is 79.9. The second kappa shape index (κ2) is 12.4. The highest BCUT2D eigenvalue weighted by molar-refractivity contribution is 9.11. The lowest BCUT2D eigenvalue weighted by Crippen LogP contribution is -2.34. The van der Waals surface area contributed by atoms with Gasteiger partial charge in [0.1, 0.15) is 18.3 Å². The Morgan fingerprint density at radius 3 is 2.50 bits per heavy atom. The van der Waals surface area contributed by atoms with Crippen LogP contribution < -0.4 is 15.5 Å². The average molecular weight is 628 g/mol. The van der Waals surface area contributed by atoms with E-state index in [0.29, 0.717) is 26.0 Å². The van der Waals surface area contributed by atoms with E-state index in [1.165, 1.54) is 13.1 Å². The number of amides is 2. The number of hydrogen-bond acceptors (Lipinski definition) is 4. The minimum absolute atomic E-state index is 0.275. The molecule has 0 saturated carbocycles. The summed E-state index contributed by atoms with van der Waals surface area (Å²) in [6, 6.07) is 17.7. The van der Waals surface area contributed by atoms with Gasteiger partial charge in [0.15, 0.2) is 0 Å². The van der Waals surface area contributed by atoms with E-state index in [-0.39, 0.29) is 6.61 Å². The van der Waals surface area contributed by atoms with Crippen LogP contribution in [0.3, 0.4) is 0 Å². The van der Waals surface area contributed by atoms with E-state index < -0.39 is 17.7 Å². The van der Waals surface area contributed by atoms with E-state index in [0.717, 1.165) is 15.6 Å². The SMILES string of the molecule is CC(C(=O)NN=Cc1ccc(OCc2ccc(Cl)cc2Cl)c(Br)c1)C(=O)Nc1ccccc1Br. The molecular weight excluding hydrogens is 609 g/mol. The highest BCUT2D eigenvalue weighted by Crippen LogP contribution is 2.28. The molecule has 34 heavy (non-hydrogen) atoms. The average Bonchev–Trinajstić information content (AvgIpc) is 2.80. The molecule has 6 nitrogen and oxygen atoms in total. The quantitative estimate of drug-likeness (QED) is 0.163. The van der Waals surface area contributed by atoms with Gasteiger partial charge in [-0.25, -0.2) is 5.43 Å². The third-order valence-corrected chi connectivity index (χ3v) is 6.56. The summed E-state index contributed by atoms with van der Waals surface area (Å²) in [6.07, 6.45) is 1.47. The van der Waals surface area contributed by atoms with E-state index in [9.17, 15) is 9.59 Å². The van der Waals surface area contributed by atoms with Crippen molar-refractivity contribution < 1.29 is 14.3 Å². The molecule has 10 heteroatoms. The van der Waals surface area contributed by atoms with Crippen molar-refractivity contribution in [2.45, 2.75) is 13.5 Å². The maximum atomic E-state index is 12.3. The third kappa shape index (κ3) is 7.30. The van der Waals surface area contributed by atoms with Crippen molar-refractivity contribution >= 4 is 78.8 Å². The molecule has 176 valence electrons. The summed E-state index contributed by atoms with van der Waals surface area (Å²) in [5.74, 6) is -1.29. The number of anilines is 1. The van der Waals surface area contributed by atoms with Crippen molar-refractivity contribution in [1.29, 1.82) is 0 Å². The van der Waals surface area contributed by atoms with Gasteiger partial charge >= 0.3 is 0 Å². The Balaban J connectivity index is 1.53. The van der Waals surface area contributed by atoms with Gasteiger partial charge in [-0.05, 0) is 86.8 Å². The normalized spacial score (nSPS) is 11.8. The molecule has 2 amide bonds. The van der Waals surface area contributed by atoms with Crippen LogP contribution in [0.15, 0.2) is 74.7 Å². The lowest BCUT2D eigenvalue weighted by molar-refractivity contribution is -0.131. The monoisotopic (exact) mass is 625 g/mol. The second-order valence-electron chi connectivity index (χ2n) is 7.14. The van der Waals surface area contributed by atoms with Crippen molar-refractivity contribution in [1.82, 2.24) is 5.43 Å². The predicted molar refractivity (Wildman–Crippen MR) is 143 cm³/mol. The van der Waals surface area contributed by atoms with Crippen LogP contribution in [0.1, 0.15) is 18.1 Å². The first-order valence-electron chi connectivity index (χ1n) is 9.99. The largest absolute Gasteiger partial charge is 0.488 e. The molecule has 0 aliphatic rings. The zero-order chi connectivity index (χ0) is 24.7. The zero-order valence-corrected chi connectivity index (χ0v) is 22.5. The molecular formula is C24H19Br2Cl2N3O3. The summed E-state index contributed by atoms with van der Waals surface area (Å²) in [4.78, 5) is 24.6. The maximum absolute atomic E-state index is 12.3. The molecule has 0 bridgehead atoms. The number of carbonyl (C=O) groups excluding carboxylic acids is 2. The van der Waals surface area contributed by atoms with Crippen molar-refractivity contribution in [3.63, 3.8) is 0 Å². The molecule has 0 saturated heterocycles. The molecule has 1 atom stereocenters. The summed E-state index contributed by atoms with van der Waals surface area (Å²) in [6.45, 7) is 1.78. The second-order valence-corrected chi connectivity index (χ2v) is 9.69. The lowest BCUT2D eigenvalue weighted by Gasteiger charge is -2.12. The minimum Gasteiger partial charge on any atom is -0.488 e. The topological polar surface area (TPSA) is 79.8 Å². The van der Waals surface area contributed by atoms with Crippen molar-refractivity contribution in [3.8, 4) is 5.75 Å². The van der Waals surface area contributed by atoms with Crippen LogP contribution in [-0.2, 0) is 16.2 Å². The number of ether oxygens (including phenoxy) is 1. The van der Waals surface area contributed by atoms with Gasteiger partial charge in [-0.2, -0.15) is 5.10 Å². The van der Waals surface area contributed by atoms with Gasteiger partial charge in [-0.15, -0.1) is 0 Å². The minimum atomic E-state index is -0.938. The van der Waals surface area contributed by atoms with Crippen LogP contribution in [0.5, 0.6) is 5.75 Å². The van der Waals surface area contributed by atoms with Gasteiger partial charge in [-0.3, -0.25) is 9.59 Å². The Kier molecular flexibility index (Phi) is 9.53. The van der Waals surface area contributed by atoms with Gasteiger partial charge in [0.2, 0.25) is 5.91 Å². The highest BCUT2D eigenvalue weighted by Gasteiger charge is 2.21. The molecule has 3 aromatic carbocycles. The molecule has 0 heterocycles. The van der Waals surface area contributed by atoms with E-state index >= 15 is 0 Å². The number of benzene rings is 3. The van der Waals surface area contributed by atoms with E-state index in [1.54, 1.807) is 48.5 Å². The van der Waals surface area contributed by atoms with Gasteiger partial charge in [0.05, 0.1) is 16.4 Å². The number of halogens is 4. The summed E-state index contributed by atoms with van der Waals surface area (Å²) in [5, 5.41) is 7.75. The molecule has 0 radical (unpaired) electrons. The lowest BCUT2D eigenvalue weighted by atomic mass is 10.1. The standard InChI is InChI=1S/C24H19Br2Cl2N3O3/c1-14(23(32)30-21-5-3-2-4-18(21)25)24(33)31-29-12-15-6-9-22(19(26)10-15)34-13-16-7-8-17(27)11-20(16)28/h2-12,14H,13H2,1H3,(H,30,32)(H,31,33). The summed E-state index contributed by atoms with van der Waals surface area (Å²) in [5.41, 5.74) is 4.50. The molecule has 0 spiro atoms. The number of para-hydroxylation sites is 1. The van der Waals surface area contributed by atoms with Crippen LogP contribution >= 0.6 is 55.1 Å². The van der Waals surface area contributed by atoms with Gasteiger partial charge in [-0.1, -0.05) is 41.4 Å². The zero-order valence-electron chi connectivity index (χ0n) is 17.8. The van der Waals surface area contributed by atoms with E-state index in [1.807, 2.05) is 12.1 Å². The van der Waals surface area contributed by atoms with Crippen LogP contribution in [0.2, 0.25) is 10.0 Å². The van der Waals surface area contributed by atoms with Crippen molar-refractivity contribution in [2.24, 2.45) is 11.0 Å². The Morgan fingerprint density at radius 2 is 1.79 bits per heavy atom. The fraction of sp³-hybridized carbons (Fsp3) is 0.125. The maximum Gasteiger partial charge on any atom is 0.252 e. The van der Waals surface area contributed by atoms with Crippen molar-refractivity contribution in [2.75, 3.05) is 5.32 Å². The number of carbonyl (C=O) groups is 2. The number of rotatable bonds is 8. The molecule has 0 aliphatic heterocycles. The van der Waals surface area contributed by atoms with Crippen LogP contribution in [-0.4, -0.2) is 18.0 Å². The number of hydrazone groups is 1. The summed E-state index contributed by atoms with van der Waals surface area (Å²) >= 11 is 18.9. The Labute approximate surface area is 223 Å². The third-order valence-electron chi connectivity index (χ3n) is 4.66. The molecule has 3 aromatic rings. The molecule has 0 fully saturated rings. The summed E-state index contributed by atoms with van der Waals surface area (Å²) in [7, 11) is 0. The smallest absolute Gasteiger partial charge is 0.252 e. The predicted octanol–water partition coefficient (Wildman–Crippen LogP) is 6.82. The first kappa shape index (κ1) is 26.2. The van der Waals surface area contributed by atoms with Crippen molar-refractivity contribution in [3.05, 3.63) is 90.8 Å². The number of nitrogens with zero attached hydrogens (tertiary/aromatic N) is 1. The Morgan fingerprint density at radius 1 is 1.03 bits per heavy atom. The van der Waals surface area contributed by atoms with Gasteiger partial charge in [0.25, 0.3) is 5.91 Å². The number of hydrogen-bond donors (Lipinski definition) is 2. The fourth-order valence-corrected chi connectivity index (χ4v) is 4.06. The molecule has 2 N–H and O–H groups in total. The summed E-state index contributed by atoms with van der Waals surface area (Å²) < 4.78 is 7.25. The number of nitrogens with one attached hydrogen (secondary N) is 2. The Hall–Kier alpha value is -2.39. The first-order chi connectivity index (χ1) is 16.2. The van der Waals surface area contributed by atoms with E-state index in [4.69, 9.17) is 27.9 Å².